The number of hydrogen-bond donors (Lipinski definition) is 0. The highest BCUT2D eigenvalue weighted by Crippen LogP contribution is 2.39. The van der Waals surface area contributed by atoms with Crippen molar-refractivity contribution in [3.63, 3.8) is 0 Å². The maximum Gasteiger partial charge on any atom is 0.383 e. The van der Waals surface area contributed by atoms with Crippen LogP contribution in [0.4, 0.5) is 0 Å². The van der Waals surface area contributed by atoms with Crippen LogP contribution in [0.5, 0.6) is 11.5 Å². The molecule has 0 amide bonds. The molecular weight excluding hydrogens is 212 g/mol. The van der Waals surface area contributed by atoms with Crippen LogP contribution in [0.25, 0.3) is 0 Å². The van der Waals surface area contributed by atoms with E-state index >= 15 is 0 Å². The molecule has 5 nitrogen and oxygen atoms in total. The van der Waals surface area contributed by atoms with Crippen molar-refractivity contribution < 1.29 is 23.8 Å². The molecule has 1 atom stereocenters. The zero-order valence-electron chi connectivity index (χ0n) is 8.85. The standard InChI is InChI=1S/C11H10O5/c1-14-6-4-3-5-7-8(6)10(15-2)9(12)11(13)16-7/h3-5,10H,1-2H3. The van der Waals surface area contributed by atoms with Gasteiger partial charge in [0.15, 0.2) is 6.10 Å². The van der Waals surface area contributed by atoms with Crippen molar-refractivity contribution in [2.75, 3.05) is 14.2 Å². The van der Waals surface area contributed by atoms with E-state index in [-0.39, 0.29) is 0 Å². The predicted octanol–water partition coefficient (Wildman–Crippen LogP) is 0.871. The Bertz CT molecular complexity index is 452. The molecule has 1 aromatic rings. The number of benzene rings is 1. The van der Waals surface area contributed by atoms with Crippen LogP contribution in [-0.4, -0.2) is 26.0 Å². The van der Waals surface area contributed by atoms with Crippen LogP contribution in [0.2, 0.25) is 0 Å². The fraction of sp³-hybridized carbons (Fsp3) is 0.273. The van der Waals surface area contributed by atoms with Gasteiger partial charge >= 0.3 is 5.97 Å². The Hall–Kier alpha value is -1.88. The van der Waals surface area contributed by atoms with Gasteiger partial charge in [0.2, 0.25) is 0 Å². The lowest BCUT2D eigenvalue weighted by Crippen LogP contribution is -2.33. The van der Waals surface area contributed by atoms with Gasteiger partial charge in [0.05, 0.1) is 12.7 Å². The SMILES string of the molecule is COc1cccc2c1C(OC)C(=O)C(=O)O2. The first-order valence-corrected chi connectivity index (χ1v) is 4.64. The van der Waals surface area contributed by atoms with E-state index in [1.165, 1.54) is 14.2 Å². The van der Waals surface area contributed by atoms with Gasteiger partial charge < -0.3 is 14.2 Å². The molecule has 0 radical (unpaired) electrons. The fourth-order valence-electron chi connectivity index (χ4n) is 1.66. The van der Waals surface area contributed by atoms with Crippen molar-refractivity contribution in [3.05, 3.63) is 23.8 Å². The second-order valence-electron chi connectivity index (χ2n) is 3.24. The van der Waals surface area contributed by atoms with Crippen molar-refractivity contribution >= 4 is 11.8 Å². The van der Waals surface area contributed by atoms with Crippen molar-refractivity contribution in [2.24, 2.45) is 0 Å². The molecule has 1 aliphatic rings. The Morgan fingerprint density at radius 2 is 2.00 bits per heavy atom. The zero-order valence-corrected chi connectivity index (χ0v) is 8.85. The van der Waals surface area contributed by atoms with Gasteiger partial charge in [-0.25, -0.2) is 4.79 Å². The van der Waals surface area contributed by atoms with E-state index in [9.17, 15) is 9.59 Å². The van der Waals surface area contributed by atoms with Crippen LogP contribution in [-0.2, 0) is 14.3 Å². The molecule has 0 aliphatic carbocycles. The van der Waals surface area contributed by atoms with Gasteiger partial charge in [-0.1, -0.05) is 6.07 Å². The summed E-state index contributed by atoms with van der Waals surface area (Å²) in [6, 6.07) is 4.94. The molecule has 0 bridgehead atoms. The van der Waals surface area contributed by atoms with E-state index in [4.69, 9.17) is 14.2 Å². The quantitative estimate of drug-likeness (QED) is 0.422. The van der Waals surface area contributed by atoms with Gasteiger partial charge in [-0.2, -0.15) is 0 Å². The summed E-state index contributed by atoms with van der Waals surface area (Å²) in [5.74, 6) is -0.867. The van der Waals surface area contributed by atoms with Crippen molar-refractivity contribution in [2.45, 2.75) is 6.10 Å². The first-order valence-electron chi connectivity index (χ1n) is 4.64. The number of esters is 1. The average Bonchev–Trinajstić information content (AvgIpc) is 2.30. The van der Waals surface area contributed by atoms with E-state index in [0.717, 1.165) is 0 Å². The maximum atomic E-state index is 11.5. The van der Waals surface area contributed by atoms with Crippen LogP contribution in [0.1, 0.15) is 11.7 Å². The average molecular weight is 222 g/mol. The summed E-state index contributed by atoms with van der Waals surface area (Å²) in [4.78, 5) is 22.8. The smallest absolute Gasteiger partial charge is 0.383 e. The Balaban J connectivity index is 2.60. The largest absolute Gasteiger partial charge is 0.496 e. The normalized spacial score (nSPS) is 19.0. The lowest BCUT2D eigenvalue weighted by Gasteiger charge is -2.23. The molecule has 84 valence electrons. The Kier molecular flexibility index (Phi) is 2.62. The second kappa shape index (κ2) is 3.94. The van der Waals surface area contributed by atoms with Gasteiger partial charge in [-0.05, 0) is 12.1 Å². The van der Waals surface area contributed by atoms with Crippen LogP contribution in [0, 0.1) is 0 Å². The number of carbonyl (C=O) groups excluding carboxylic acids is 2. The molecule has 16 heavy (non-hydrogen) atoms. The van der Waals surface area contributed by atoms with Crippen molar-refractivity contribution in [1.82, 2.24) is 0 Å². The molecule has 1 aliphatic heterocycles. The summed E-state index contributed by atoms with van der Waals surface area (Å²) >= 11 is 0. The number of Topliss-reactive ketones (excluding diaryl/α,β-unsaturated/α-hetero) is 1. The van der Waals surface area contributed by atoms with E-state index in [0.29, 0.717) is 17.1 Å². The van der Waals surface area contributed by atoms with Crippen LogP contribution in [0.3, 0.4) is 0 Å². The first kappa shape index (κ1) is 10.6. The number of fused-ring (bicyclic) bond motifs is 1. The molecule has 2 rings (SSSR count). The predicted molar refractivity (Wildman–Crippen MR) is 53.4 cm³/mol. The number of carbonyl (C=O) groups is 2. The summed E-state index contributed by atoms with van der Waals surface area (Å²) in [6.45, 7) is 0. The zero-order chi connectivity index (χ0) is 11.7. The molecule has 0 N–H and O–H groups in total. The van der Waals surface area contributed by atoms with Crippen LogP contribution in [0.15, 0.2) is 18.2 Å². The van der Waals surface area contributed by atoms with E-state index in [1.54, 1.807) is 18.2 Å². The Labute approximate surface area is 91.9 Å². The third-order valence-corrected chi connectivity index (χ3v) is 2.39. The highest BCUT2D eigenvalue weighted by molar-refractivity contribution is 6.37. The number of rotatable bonds is 2. The monoisotopic (exact) mass is 222 g/mol. The minimum atomic E-state index is -0.951. The van der Waals surface area contributed by atoms with Gasteiger partial charge in [-0.15, -0.1) is 0 Å². The Morgan fingerprint density at radius 3 is 2.62 bits per heavy atom. The second-order valence-corrected chi connectivity index (χ2v) is 3.24. The van der Waals surface area contributed by atoms with Crippen molar-refractivity contribution in [3.8, 4) is 11.5 Å². The Morgan fingerprint density at radius 1 is 1.25 bits per heavy atom. The number of ether oxygens (including phenoxy) is 3. The van der Waals surface area contributed by atoms with E-state index in [2.05, 4.69) is 0 Å². The fourth-order valence-corrected chi connectivity index (χ4v) is 1.66. The van der Waals surface area contributed by atoms with Crippen LogP contribution < -0.4 is 9.47 Å². The highest BCUT2D eigenvalue weighted by Gasteiger charge is 2.38. The molecule has 0 saturated carbocycles. The van der Waals surface area contributed by atoms with Crippen LogP contribution >= 0.6 is 0 Å². The summed E-state index contributed by atoms with van der Waals surface area (Å²) in [5, 5.41) is 0. The van der Waals surface area contributed by atoms with E-state index in [1.807, 2.05) is 0 Å². The number of methoxy groups -OCH3 is 2. The third-order valence-electron chi connectivity index (χ3n) is 2.39. The van der Waals surface area contributed by atoms with E-state index < -0.39 is 17.9 Å². The van der Waals surface area contributed by atoms with Crippen molar-refractivity contribution in [1.29, 1.82) is 0 Å². The third kappa shape index (κ3) is 1.45. The lowest BCUT2D eigenvalue weighted by atomic mass is 10.0. The molecule has 0 spiro atoms. The lowest BCUT2D eigenvalue weighted by molar-refractivity contribution is -0.154. The number of hydrogen-bond acceptors (Lipinski definition) is 5. The highest BCUT2D eigenvalue weighted by atomic mass is 16.6. The summed E-state index contributed by atoms with van der Waals surface area (Å²) in [6.07, 6.45) is -0.951. The minimum absolute atomic E-state index is 0.302. The summed E-state index contributed by atoms with van der Waals surface area (Å²) < 4.78 is 15.0. The molecule has 1 unspecified atom stereocenters. The molecule has 1 heterocycles. The summed E-state index contributed by atoms with van der Waals surface area (Å²) in [7, 11) is 2.83. The first-order chi connectivity index (χ1) is 7.69. The molecule has 0 aromatic heterocycles. The summed E-state index contributed by atoms with van der Waals surface area (Å²) in [5.41, 5.74) is 0.456. The molecule has 1 aromatic carbocycles. The van der Waals surface area contributed by atoms with Gasteiger partial charge in [0.25, 0.3) is 5.78 Å². The molecule has 5 heteroatoms. The molecule has 0 saturated heterocycles. The van der Waals surface area contributed by atoms with Gasteiger partial charge in [0, 0.05) is 7.11 Å². The maximum absolute atomic E-state index is 11.5. The molecule has 0 fully saturated rings. The molecular formula is C11H10O5. The minimum Gasteiger partial charge on any atom is -0.496 e. The topological polar surface area (TPSA) is 61.8 Å². The van der Waals surface area contributed by atoms with Gasteiger partial charge in [-0.3, -0.25) is 4.79 Å². The van der Waals surface area contributed by atoms with Gasteiger partial charge in [0.1, 0.15) is 11.5 Å². The number of ketones is 1.